The van der Waals surface area contributed by atoms with Crippen LogP contribution in [-0.2, 0) is 11.2 Å². The molecule has 0 fully saturated rings. The molecule has 0 spiro atoms. The van der Waals surface area contributed by atoms with Crippen LogP contribution in [0, 0.1) is 0 Å². The Labute approximate surface area is 100 Å². The van der Waals surface area contributed by atoms with E-state index < -0.39 is 12.0 Å². The fourth-order valence-corrected chi connectivity index (χ4v) is 1.88. The highest BCUT2D eigenvalue weighted by Gasteiger charge is 2.16. The zero-order chi connectivity index (χ0) is 11.8. The standard InChI is InChI=1S/C12H17NO2S/c1-2-16-9-13-11(12(14)15)8-10-6-4-3-5-7-10/h3-7,11,13H,2,8-9H2,1H3,(H,14,15)/t11-/m0/s1. The van der Waals surface area contributed by atoms with Crippen molar-refractivity contribution in [1.29, 1.82) is 0 Å². The van der Waals surface area contributed by atoms with Crippen LogP contribution >= 0.6 is 11.8 Å². The van der Waals surface area contributed by atoms with Gasteiger partial charge in [0.1, 0.15) is 6.04 Å². The smallest absolute Gasteiger partial charge is 0.321 e. The van der Waals surface area contributed by atoms with Crippen molar-refractivity contribution in [2.24, 2.45) is 0 Å². The maximum absolute atomic E-state index is 11.0. The third kappa shape index (κ3) is 4.68. The quantitative estimate of drug-likeness (QED) is 0.564. The lowest BCUT2D eigenvalue weighted by molar-refractivity contribution is -0.139. The number of rotatable bonds is 7. The van der Waals surface area contributed by atoms with Crippen molar-refractivity contribution < 1.29 is 9.90 Å². The molecule has 2 N–H and O–H groups in total. The van der Waals surface area contributed by atoms with E-state index in [2.05, 4.69) is 12.2 Å². The molecule has 1 aromatic carbocycles. The highest BCUT2D eigenvalue weighted by molar-refractivity contribution is 7.99. The van der Waals surface area contributed by atoms with Crippen molar-refractivity contribution >= 4 is 17.7 Å². The summed E-state index contributed by atoms with van der Waals surface area (Å²) in [7, 11) is 0. The van der Waals surface area contributed by atoms with Crippen molar-refractivity contribution in [3.8, 4) is 0 Å². The maximum atomic E-state index is 11.0. The van der Waals surface area contributed by atoms with Gasteiger partial charge in [-0.1, -0.05) is 37.3 Å². The van der Waals surface area contributed by atoms with Gasteiger partial charge < -0.3 is 5.11 Å². The summed E-state index contributed by atoms with van der Waals surface area (Å²) in [6.45, 7) is 2.05. The molecule has 0 saturated carbocycles. The van der Waals surface area contributed by atoms with Crippen molar-refractivity contribution in [2.75, 3.05) is 11.6 Å². The summed E-state index contributed by atoms with van der Waals surface area (Å²) in [5.41, 5.74) is 1.05. The molecule has 0 aromatic heterocycles. The normalized spacial score (nSPS) is 12.3. The summed E-state index contributed by atoms with van der Waals surface area (Å²) in [4.78, 5) is 11.0. The van der Waals surface area contributed by atoms with Gasteiger partial charge in [0, 0.05) is 5.88 Å². The van der Waals surface area contributed by atoms with E-state index in [1.165, 1.54) is 0 Å². The Bertz CT molecular complexity index is 316. The number of nitrogens with one attached hydrogen (secondary N) is 1. The molecule has 0 saturated heterocycles. The van der Waals surface area contributed by atoms with E-state index in [1.807, 2.05) is 30.3 Å². The molecule has 16 heavy (non-hydrogen) atoms. The van der Waals surface area contributed by atoms with Crippen molar-refractivity contribution in [2.45, 2.75) is 19.4 Å². The second-order valence-corrected chi connectivity index (χ2v) is 4.70. The molecule has 4 heteroatoms. The summed E-state index contributed by atoms with van der Waals surface area (Å²) in [6, 6.07) is 9.18. The minimum absolute atomic E-state index is 0.499. The molecule has 0 bridgehead atoms. The molecule has 1 rings (SSSR count). The monoisotopic (exact) mass is 239 g/mol. The number of benzene rings is 1. The molecule has 0 amide bonds. The van der Waals surface area contributed by atoms with Crippen LogP contribution in [0.3, 0.4) is 0 Å². The van der Waals surface area contributed by atoms with E-state index in [9.17, 15) is 4.79 Å². The van der Waals surface area contributed by atoms with Crippen LogP contribution in [0.2, 0.25) is 0 Å². The molecule has 0 aliphatic heterocycles. The maximum Gasteiger partial charge on any atom is 0.321 e. The van der Waals surface area contributed by atoms with E-state index in [0.29, 0.717) is 12.3 Å². The van der Waals surface area contributed by atoms with Gasteiger partial charge in [0.15, 0.2) is 0 Å². The van der Waals surface area contributed by atoms with E-state index >= 15 is 0 Å². The van der Waals surface area contributed by atoms with Crippen LogP contribution < -0.4 is 5.32 Å². The topological polar surface area (TPSA) is 49.3 Å². The van der Waals surface area contributed by atoms with E-state index in [4.69, 9.17) is 5.11 Å². The van der Waals surface area contributed by atoms with Gasteiger partial charge in [0.2, 0.25) is 0 Å². The molecule has 88 valence electrons. The second-order valence-electron chi connectivity index (χ2n) is 3.42. The molecule has 3 nitrogen and oxygen atoms in total. The SMILES string of the molecule is CCSCN[C@@H](Cc1ccccc1)C(=O)O. The number of thioether (sulfide) groups is 1. The highest BCUT2D eigenvalue weighted by atomic mass is 32.2. The number of carboxylic acids is 1. The van der Waals surface area contributed by atoms with Gasteiger partial charge in [-0.05, 0) is 17.7 Å². The third-order valence-corrected chi connectivity index (χ3v) is 3.00. The summed E-state index contributed by atoms with van der Waals surface area (Å²) in [5, 5.41) is 12.1. The van der Waals surface area contributed by atoms with Crippen LogP contribution in [0.5, 0.6) is 0 Å². The fraction of sp³-hybridized carbons (Fsp3) is 0.417. The molecule has 1 aromatic rings. The van der Waals surface area contributed by atoms with Gasteiger partial charge in [0.05, 0.1) is 0 Å². The van der Waals surface area contributed by atoms with Crippen LogP contribution in [0.4, 0.5) is 0 Å². The molecular weight excluding hydrogens is 222 g/mol. The van der Waals surface area contributed by atoms with E-state index in [-0.39, 0.29) is 0 Å². The molecule has 0 heterocycles. The second kappa shape index (κ2) is 7.30. The Balaban J connectivity index is 2.48. The molecule has 0 aliphatic rings. The lowest BCUT2D eigenvalue weighted by Crippen LogP contribution is -2.38. The average molecular weight is 239 g/mol. The van der Waals surface area contributed by atoms with Gasteiger partial charge >= 0.3 is 5.97 Å². The first-order valence-electron chi connectivity index (χ1n) is 5.32. The zero-order valence-corrected chi connectivity index (χ0v) is 10.2. The zero-order valence-electron chi connectivity index (χ0n) is 9.35. The van der Waals surface area contributed by atoms with Gasteiger partial charge in [0.25, 0.3) is 0 Å². The van der Waals surface area contributed by atoms with E-state index in [1.54, 1.807) is 11.8 Å². The van der Waals surface area contributed by atoms with Crippen molar-refractivity contribution in [1.82, 2.24) is 5.32 Å². The number of aliphatic carboxylic acids is 1. The predicted octanol–water partition coefficient (Wildman–Crippen LogP) is 1.98. The lowest BCUT2D eigenvalue weighted by Gasteiger charge is -2.13. The van der Waals surface area contributed by atoms with E-state index in [0.717, 1.165) is 11.3 Å². The summed E-state index contributed by atoms with van der Waals surface area (Å²) in [6.07, 6.45) is 0.528. The first kappa shape index (κ1) is 13.1. The Hall–Kier alpha value is -1.00. The molecule has 0 radical (unpaired) electrons. The number of carbonyl (C=O) groups is 1. The number of carboxylic acid groups (broad SMARTS) is 1. The van der Waals surface area contributed by atoms with Gasteiger partial charge in [-0.3, -0.25) is 10.1 Å². The Kier molecular flexibility index (Phi) is 5.96. The molecular formula is C12H17NO2S. The summed E-state index contributed by atoms with van der Waals surface area (Å²) < 4.78 is 0. The van der Waals surface area contributed by atoms with Crippen molar-refractivity contribution in [3.05, 3.63) is 35.9 Å². The first-order chi connectivity index (χ1) is 7.74. The first-order valence-corrected chi connectivity index (χ1v) is 6.47. The van der Waals surface area contributed by atoms with Crippen molar-refractivity contribution in [3.63, 3.8) is 0 Å². The molecule has 0 unspecified atom stereocenters. The van der Waals surface area contributed by atoms with Crippen LogP contribution in [0.1, 0.15) is 12.5 Å². The Morgan fingerprint density at radius 2 is 2.12 bits per heavy atom. The fourth-order valence-electron chi connectivity index (χ4n) is 1.36. The largest absolute Gasteiger partial charge is 0.480 e. The number of hydrogen-bond donors (Lipinski definition) is 2. The Morgan fingerprint density at radius 3 is 2.69 bits per heavy atom. The van der Waals surface area contributed by atoms with Gasteiger partial charge in [-0.15, -0.1) is 11.8 Å². The number of hydrogen-bond acceptors (Lipinski definition) is 3. The van der Waals surface area contributed by atoms with Crippen LogP contribution in [0.15, 0.2) is 30.3 Å². The van der Waals surface area contributed by atoms with Crippen LogP contribution in [0.25, 0.3) is 0 Å². The summed E-state index contributed by atoms with van der Waals surface area (Å²) >= 11 is 1.69. The molecule has 1 atom stereocenters. The lowest BCUT2D eigenvalue weighted by atomic mass is 10.1. The van der Waals surface area contributed by atoms with Crippen LogP contribution in [-0.4, -0.2) is 28.7 Å². The molecule has 0 aliphatic carbocycles. The minimum atomic E-state index is -0.791. The average Bonchev–Trinajstić information content (AvgIpc) is 2.29. The predicted molar refractivity (Wildman–Crippen MR) is 67.7 cm³/mol. The highest BCUT2D eigenvalue weighted by Crippen LogP contribution is 2.04. The Morgan fingerprint density at radius 1 is 1.44 bits per heavy atom. The third-order valence-electron chi connectivity index (χ3n) is 2.22. The van der Waals surface area contributed by atoms with Gasteiger partial charge in [-0.2, -0.15) is 0 Å². The minimum Gasteiger partial charge on any atom is -0.480 e. The van der Waals surface area contributed by atoms with Gasteiger partial charge in [-0.25, -0.2) is 0 Å². The summed E-state index contributed by atoms with van der Waals surface area (Å²) in [5.74, 6) is 0.880.